The Kier molecular flexibility index (Phi) is 8.17. The van der Waals surface area contributed by atoms with Crippen LogP contribution in [-0.4, -0.2) is 39.2 Å². The Balaban J connectivity index is 1.85. The van der Waals surface area contributed by atoms with Gasteiger partial charge in [-0.15, -0.1) is 0 Å². The second kappa shape index (κ2) is 11.3. The van der Waals surface area contributed by atoms with Crippen LogP contribution < -0.4 is 14.4 Å². The van der Waals surface area contributed by atoms with Crippen LogP contribution >= 0.6 is 23.5 Å². The molecule has 0 aliphatic heterocycles. The molecule has 12 nitrogen and oxygen atoms in total. The summed E-state index contributed by atoms with van der Waals surface area (Å²) in [4.78, 5) is 55.8. The number of para-hydroxylation sites is 1. The van der Waals surface area contributed by atoms with E-state index in [0.29, 0.717) is 28.3 Å². The second-order valence-electron chi connectivity index (χ2n) is 6.61. The summed E-state index contributed by atoms with van der Waals surface area (Å²) in [6, 6.07) is 8.61. The molecule has 3 amide bonds. The fourth-order valence-corrected chi connectivity index (χ4v) is 3.36. The molecular weight excluding hydrogens is 502 g/mol. The van der Waals surface area contributed by atoms with E-state index in [9.17, 15) is 24.5 Å². The van der Waals surface area contributed by atoms with Crippen LogP contribution in [0.4, 0.5) is 21.0 Å². The van der Waals surface area contributed by atoms with Crippen LogP contribution in [0, 0.1) is 17.0 Å². The summed E-state index contributed by atoms with van der Waals surface area (Å²) in [6.07, 6.45) is 2.72. The number of carbonyl (C=O) groups excluding carboxylic acids is 3. The third kappa shape index (κ3) is 6.43. The number of nitro groups is 1. The van der Waals surface area contributed by atoms with E-state index in [1.807, 2.05) is 5.32 Å². The molecular formula is C21H16ClN5O7S. The number of hydrogen-bond donors (Lipinski definition) is 1. The maximum absolute atomic E-state index is 12.9. The van der Waals surface area contributed by atoms with E-state index < -0.39 is 27.9 Å². The summed E-state index contributed by atoms with van der Waals surface area (Å²) < 4.78 is 11.1. The van der Waals surface area contributed by atoms with Gasteiger partial charge in [-0.2, -0.15) is 0 Å². The molecule has 0 unspecified atom stereocenters. The van der Waals surface area contributed by atoms with E-state index in [4.69, 9.17) is 16.3 Å². The van der Waals surface area contributed by atoms with Crippen molar-refractivity contribution < 1.29 is 28.8 Å². The van der Waals surface area contributed by atoms with Gasteiger partial charge in [0.15, 0.2) is 0 Å². The van der Waals surface area contributed by atoms with Gasteiger partial charge in [-0.1, -0.05) is 23.7 Å². The van der Waals surface area contributed by atoms with Crippen LogP contribution in [-0.2, 0) is 4.74 Å². The van der Waals surface area contributed by atoms with Crippen molar-refractivity contribution in [2.45, 2.75) is 6.92 Å². The summed E-state index contributed by atoms with van der Waals surface area (Å²) in [5.74, 6) is -0.662. The first kappa shape index (κ1) is 25.4. The highest BCUT2D eigenvalue weighted by atomic mass is 35.5. The van der Waals surface area contributed by atoms with Crippen molar-refractivity contribution in [3.8, 4) is 11.8 Å². The van der Waals surface area contributed by atoms with Gasteiger partial charge in [0.2, 0.25) is 0 Å². The van der Waals surface area contributed by atoms with Crippen LogP contribution in [0.15, 0.2) is 54.9 Å². The maximum Gasteiger partial charge on any atom is 0.388 e. The summed E-state index contributed by atoms with van der Waals surface area (Å²) >= 11 is 6.13. The lowest BCUT2D eigenvalue weighted by molar-refractivity contribution is -0.385. The first-order valence-corrected chi connectivity index (χ1v) is 10.8. The van der Waals surface area contributed by atoms with Crippen LogP contribution in [0.3, 0.4) is 0 Å². The number of nitro benzene ring substituents is 1. The Labute approximate surface area is 207 Å². The molecule has 3 aromatic rings. The van der Waals surface area contributed by atoms with E-state index >= 15 is 0 Å². The van der Waals surface area contributed by atoms with Crippen molar-refractivity contribution in [1.82, 2.24) is 15.3 Å². The molecule has 35 heavy (non-hydrogen) atoms. The zero-order chi connectivity index (χ0) is 25.5. The summed E-state index contributed by atoms with van der Waals surface area (Å²) in [6.45, 7) is 1.67. The van der Waals surface area contributed by atoms with Gasteiger partial charge >= 0.3 is 17.3 Å². The first-order chi connectivity index (χ1) is 16.7. The molecule has 2 aromatic carbocycles. The van der Waals surface area contributed by atoms with E-state index in [-0.39, 0.29) is 17.3 Å². The Morgan fingerprint density at radius 1 is 1.14 bits per heavy atom. The molecule has 0 spiro atoms. The minimum atomic E-state index is -1.03. The molecule has 0 bridgehead atoms. The first-order valence-electron chi connectivity index (χ1n) is 9.60. The molecule has 0 radical (unpaired) electrons. The van der Waals surface area contributed by atoms with E-state index in [0.717, 1.165) is 17.5 Å². The van der Waals surface area contributed by atoms with Gasteiger partial charge in [-0.05, 0) is 36.8 Å². The molecule has 14 heteroatoms. The van der Waals surface area contributed by atoms with E-state index in [1.165, 1.54) is 48.8 Å². The second-order valence-corrected chi connectivity index (χ2v) is 7.93. The number of anilines is 1. The third-order valence-electron chi connectivity index (χ3n) is 4.27. The zero-order valence-electron chi connectivity index (χ0n) is 18.1. The smallest absolute Gasteiger partial charge is 0.388 e. The third-order valence-corrected chi connectivity index (χ3v) is 5.34. The highest BCUT2D eigenvalue weighted by Gasteiger charge is 2.27. The quantitative estimate of drug-likeness (QED) is 0.213. The van der Waals surface area contributed by atoms with E-state index in [2.05, 4.69) is 14.7 Å². The van der Waals surface area contributed by atoms with Crippen LogP contribution in [0.2, 0.25) is 5.02 Å². The molecule has 180 valence electrons. The number of carbonyl (C=O) groups is 3. The predicted molar refractivity (Wildman–Crippen MR) is 127 cm³/mol. The highest BCUT2D eigenvalue weighted by molar-refractivity contribution is 8.15. The number of imide groups is 1. The predicted octanol–water partition coefficient (Wildman–Crippen LogP) is 4.91. The SMILES string of the molecule is COC(=O)SN(C(=O)NC(=O)c1ccccc1[N+](=O)[O-])c1ccc(Oc2ncc(Cl)cn2)c(C)c1. The number of urea groups is 1. The Hall–Kier alpha value is -4.23. The van der Waals surface area contributed by atoms with E-state index in [1.54, 1.807) is 6.92 Å². The Bertz CT molecular complexity index is 1290. The molecule has 0 atom stereocenters. The molecule has 1 aromatic heterocycles. The van der Waals surface area contributed by atoms with Crippen molar-refractivity contribution in [2.24, 2.45) is 0 Å². The Morgan fingerprint density at radius 2 is 1.83 bits per heavy atom. The van der Waals surface area contributed by atoms with Crippen LogP contribution in [0.5, 0.6) is 11.8 Å². The highest BCUT2D eigenvalue weighted by Crippen LogP contribution is 2.31. The number of hydrogen-bond acceptors (Lipinski definition) is 10. The largest absolute Gasteiger partial charge is 0.460 e. The van der Waals surface area contributed by atoms with Gasteiger partial charge in [0.1, 0.15) is 11.3 Å². The number of aromatic nitrogens is 2. The monoisotopic (exact) mass is 517 g/mol. The average Bonchev–Trinajstić information content (AvgIpc) is 2.84. The van der Waals surface area contributed by atoms with Gasteiger partial charge in [0.05, 0.1) is 47.1 Å². The van der Waals surface area contributed by atoms with Crippen LogP contribution in [0.1, 0.15) is 15.9 Å². The number of nitrogens with zero attached hydrogens (tertiary/aromatic N) is 4. The number of ether oxygens (including phenoxy) is 2. The standard InChI is InChI=1S/C21H16ClN5O7S/c1-12-9-14(7-8-17(12)34-19-23-10-13(22)11-24-19)26(35-21(30)33-2)20(29)25-18(28)15-5-3-4-6-16(15)27(31)32/h3-11H,1-2H3,(H,25,28,29). The lowest BCUT2D eigenvalue weighted by atomic mass is 10.1. The van der Waals surface area contributed by atoms with Crippen molar-refractivity contribution >= 4 is 52.2 Å². The number of halogens is 1. The number of rotatable bonds is 5. The Morgan fingerprint density at radius 3 is 2.46 bits per heavy atom. The summed E-state index contributed by atoms with van der Waals surface area (Å²) in [5, 5.41) is 12.7. The summed E-state index contributed by atoms with van der Waals surface area (Å²) in [5.41, 5.74) is -0.0760. The number of amides is 3. The fraction of sp³-hybridized carbons (Fsp3) is 0.0952. The lowest BCUT2D eigenvalue weighted by Crippen LogP contribution is -2.40. The molecule has 0 aliphatic carbocycles. The minimum absolute atomic E-state index is 0.0406. The van der Waals surface area contributed by atoms with Gasteiger partial charge in [0, 0.05) is 6.07 Å². The zero-order valence-corrected chi connectivity index (χ0v) is 19.7. The molecule has 3 rings (SSSR count). The lowest BCUT2D eigenvalue weighted by Gasteiger charge is -2.21. The normalized spacial score (nSPS) is 10.3. The van der Waals surface area contributed by atoms with Gasteiger partial charge in [0.25, 0.3) is 11.6 Å². The van der Waals surface area contributed by atoms with Gasteiger partial charge in [-0.25, -0.2) is 23.9 Å². The fourth-order valence-electron chi connectivity index (χ4n) is 2.69. The van der Waals surface area contributed by atoms with Crippen molar-refractivity contribution in [1.29, 1.82) is 0 Å². The molecule has 0 aliphatic rings. The number of benzene rings is 2. The van der Waals surface area contributed by atoms with Crippen molar-refractivity contribution in [3.05, 3.63) is 81.1 Å². The molecule has 0 saturated carbocycles. The molecule has 1 N–H and O–H groups in total. The topological polar surface area (TPSA) is 154 Å². The maximum atomic E-state index is 12.9. The molecule has 0 fully saturated rings. The van der Waals surface area contributed by atoms with Gasteiger partial charge < -0.3 is 9.47 Å². The molecule has 1 heterocycles. The van der Waals surface area contributed by atoms with Gasteiger partial charge in [-0.3, -0.25) is 20.2 Å². The molecule has 0 saturated heterocycles. The van der Waals surface area contributed by atoms with Crippen molar-refractivity contribution in [2.75, 3.05) is 11.4 Å². The van der Waals surface area contributed by atoms with Crippen molar-refractivity contribution in [3.63, 3.8) is 0 Å². The number of methoxy groups -OCH3 is 1. The average molecular weight is 518 g/mol. The number of aryl methyl sites for hydroxylation is 1. The number of nitrogens with one attached hydrogen (secondary N) is 1. The minimum Gasteiger partial charge on any atom is -0.460 e. The van der Waals surface area contributed by atoms with Crippen LogP contribution in [0.25, 0.3) is 0 Å². The summed E-state index contributed by atoms with van der Waals surface area (Å²) in [7, 11) is 1.12.